The van der Waals surface area contributed by atoms with Gasteiger partial charge in [-0.05, 0) is 23.8 Å². The monoisotopic (exact) mass is 301 g/mol. The zero-order valence-electron chi connectivity index (χ0n) is 12.3. The van der Waals surface area contributed by atoms with Crippen LogP contribution in [0.3, 0.4) is 0 Å². The number of nitrogens with zero attached hydrogens (tertiary/aromatic N) is 3. The Bertz CT molecular complexity index is 975. The molecule has 4 rings (SSSR count). The summed E-state index contributed by atoms with van der Waals surface area (Å²) in [7, 11) is 0. The van der Waals surface area contributed by atoms with Crippen LogP contribution in [-0.4, -0.2) is 14.5 Å². The van der Waals surface area contributed by atoms with Gasteiger partial charge in [-0.25, -0.2) is 0 Å². The second kappa shape index (κ2) is 5.14. The predicted molar refractivity (Wildman–Crippen MR) is 93.1 cm³/mol. The van der Waals surface area contributed by atoms with Gasteiger partial charge in [0.2, 0.25) is 5.95 Å². The summed E-state index contributed by atoms with van der Waals surface area (Å²) in [6.07, 6.45) is 0. The molecule has 23 heavy (non-hydrogen) atoms. The zero-order chi connectivity index (χ0) is 15.8. The van der Waals surface area contributed by atoms with E-state index in [0.717, 1.165) is 22.3 Å². The minimum Gasteiger partial charge on any atom is -0.383 e. The first kappa shape index (κ1) is 13.3. The van der Waals surface area contributed by atoms with Crippen LogP contribution < -0.4 is 11.5 Å². The van der Waals surface area contributed by atoms with E-state index in [2.05, 4.69) is 26.7 Å². The van der Waals surface area contributed by atoms with Crippen LogP contribution in [0, 0.1) is 0 Å². The van der Waals surface area contributed by atoms with Crippen molar-refractivity contribution in [3.05, 3.63) is 66.7 Å². The van der Waals surface area contributed by atoms with Gasteiger partial charge in [0.1, 0.15) is 5.82 Å². The first-order valence-corrected chi connectivity index (χ1v) is 7.29. The van der Waals surface area contributed by atoms with Crippen molar-refractivity contribution in [1.29, 1.82) is 0 Å². The molecule has 0 aliphatic heterocycles. The highest BCUT2D eigenvalue weighted by molar-refractivity contribution is 5.93. The highest BCUT2D eigenvalue weighted by atomic mass is 15.1. The van der Waals surface area contributed by atoms with E-state index in [4.69, 9.17) is 11.5 Å². The van der Waals surface area contributed by atoms with Gasteiger partial charge in [0.15, 0.2) is 5.65 Å². The van der Waals surface area contributed by atoms with Gasteiger partial charge in [-0.2, -0.15) is 9.97 Å². The molecule has 2 aromatic heterocycles. The molecule has 0 saturated heterocycles. The van der Waals surface area contributed by atoms with Crippen LogP contribution in [0.1, 0.15) is 0 Å². The molecule has 5 nitrogen and oxygen atoms in total. The Labute approximate surface area is 133 Å². The van der Waals surface area contributed by atoms with Gasteiger partial charge in [0.25, 0.3) is 0 Å². The summed E-state index contributed by atoms with van der Waals surface area (Å²) in [5.41, 5.74) is 15.6. The van der Waals surface area contributed by atoms with Crippen molar-refractivity contribution < 1.29 is 0 Å². The Morgan fingerprint density at radius 2 is 1.43 bits per heavy atom. The molecule has 0 aliphatic rings. The molecular weight excluding hydrogens is 286 g/mol. The third-order valence-electron chi connectivity index (χ3n) is 3.79. The quantitative estimate of drug-likeness (QED) is 0.595. The van der Waals surface area contributed by atoms with Gasteiger partial charge >= 0.3 is 0 Å². The fourth-order valence-corrected chi connectivity index (χ4v) is 2.78. The average molecular weight is 301 g/mol. The lowest BCUT2D eigenvalue weighted by Gasteiger charge is -2.10. The molecule has 0 atom stereocenters. The molecule has 4 aromatic rings. The van der Waals surface area contributed by atoms with Gasteiger partial charge < -0.3 is 11.5 Å². The minimum atomic E-state index is 0.171. The topological polar surface area (TPSA) is 82.7 Å². The van der Waals surface area contributed by atoms with Gasteiger partial charge in [-0.15, -0.1) is 0 Å². The summed E-state index contributed by atoms with van der Waals surface area (Å²) in [4.78, 5) is 8.48. The molecule has 0 unspecified atom stereocenters. The molecule has 0 saturated carbocycles. The molecule has 0 fully saturated rings. The molecule has 0 spiro atoms. The number of rotatable bonds is 2. The van der Waals surface area contributed by atoms with Crippen LogP contribution in [-0.2, 0) is 0 Å². The molecule has 112 valence electrons. The predicted octanol–water partition coefficient (Wildman–Crippen LogP) is 3.25. The number of para-hydroxylation sites is 1. The Morgan fingerprint density at radius 1 is 0.783 bits per heavy atom. The maximum Gasteiger partial charge on any atom is 0.224 e. The summed E-state index contributed by atoms with van der Waals surface area (Å²) in [5, 5.41) is 0.793. The maximum atomic E-state index is 6.05. The standard InChI is InChI=1S/C18H15N5/c19-16-14-11-15(12-7-3-1-4-8-12)23(13-9-5-2-6-10-13)17(14)22-18(20)21-16/h1-11H,(H4,19,20,21,22). The summed E-state index contributed by atoms with van der Waals surface area (Å²) in [6, 6.07) is 22.1. The largest absolute Gasteiger partial charge is 0.383 e. The lowest BCUT2D eigenvalue weighted by Crippen LogP contribution is -2.03. The number of hydrogen-bond donors (Lipinski definition) is 2. The summed E-state index contributed by atoms with van der Waals surface area (Å²) >= 11 is 0. The summed E-state index contributed by atoms with van der Waals surface area (Å²) < 4.78 is 2.05. The molecule has 4 N–H and O–H groups in total. The van der Waals surface area contributed by atoms with Crippen LogP contribution in [0.15, 0.2) is 66.7 Å². The SMILES string of the molecule is Nc1nc(N)c2cc(-c3ccccc3)n(-c3ccccc3)c2n1. The van der Waals surface area contributed by atoms with E-state index in [1.54, 1.807) is 0 Å². The second-order valence-electron chi connectivity index (χ2n) is 5.27. The Hall–Kier alpha value is -3.34. The van der Waals surface area contributed by atoms with Crippen LogP contribution in [0.4, 0.5) is 11.8 Å². The van der Waals surface area contributed by atoms with Gasteiger partial charge in [-0.1, -0.05) is 48.5 Å². The maximum absolute atomic E-state index is 6.05. The smallest absolute Gasteiger partial charge is 0.224 e. The molecule has 0 radical (unpaired) electrons. The summed E-state index contributed by atoms with van der Waals surface area (Å²) in [6.45, 7) is 0. The molecule has 0 aliphatic carbocycles. The van der Waals surface area contributed by atoms with Crippen LogP contribution in [0.5, 0.6) is 0 Å². The fraction of sp³-hybridized carbons (Fsp3) is 0. The Kier molecular flexibility index (Phi) is 2.98. The number of nitrogen functional groups attached to an aromatic ring is 2. The highest BCUT2D eigenvalue weighted by Gasteiger charge is 2.16. The van der Waals surface area contributed by atoms with E-state index in [1.165, 1.54) is 0 Å². The van der Waals surface area contributed by atoms with Gasteiger partial charge in [-0.3, -0.25) is 4.57 Å². The van der Waals surface area contributed by atoms with Crippen molar-refractivity contribution in [3.63, 3.8) is 0 Å². The first-order valence-electron chi connectivity index (χ1n) is 7.29. The first-order chi connectivity index (χ1) is 11.2. The third-order valence-corrected chi connectivity index (χ3v) is 3.79. The van der Waals surface area contributed by atoms with Crippen LogP contribution in [0.2, 0.25) is 0 Å². The van der Waals surface area contributed by atoms with E-state index in [-0.39, 0.29) is 5.95 Å². The summed E-state index contributed by atoms with van der Waals surface area (Å²) in [5.74, 6) is 0.559. The van der Waals surface area contributed by atoms with Crippen LogP contribution in [0.25, 0.3) is 28.0 Å². The van der Waals surface area contributed by atoms with Crippen molar-refractivity contribution in [2.75, 3.05) is 11.5 Å². The molecule has 5 heteroatoms. The molecule has 0 amide bonds. The van der Waals surface area contributed by atoms with E-state index < -0.39 is 0 Å². The molecular formula is C18H15N5. The normalized spacial score (nSPS) is 11.0. The number of anilines is 2. The molecule has 2 heterocycles. The number of nitrogens with two attached hydrogens (primary N) is 2. The third kappa shape index (κ3) is 2.19. The number of hydrogen-bond acceptors (Lipinski definition) is 4. The van der Waals surface area contributed by atoms with E-state index in [1.807, 2.05) is 54.6 Å². The van der Waals surface area contributed by atoms with E-state index >= 15 is 0 Å². The lowest BCUT2D eigenvalue weighted by atomic mass is 10.1. The van der Waals surface area contributed by atoms with E-state index in [9.17, 15) is 0 Å². The minimum absolute atomic E-state index is 0.171. The van der Waals surface area contributed by atoms with E-state index in [0.29, 0.717) is 11.5 Å². The van der Waals surface area contributed by atoms with Gasteiger partial charge in [0.05, 0.1) is 11.1 Å². The van der Waals surface area contributed by atoms with Crippen molar-refractivity contribution in [3.8, 4) is 16.9 Å². The molecule has 2 aromatic carbocycles. The fourth-order valence-electron chi connectivity index (χ4n) is 2.78. The number of aromatic nitrogens is 3. The Balaban J connectivity index is 2.12. The van der Waals surface area contributed by atoms with Crippen molar-refractivity contribution in [2.24, 2.45) is 0 Å². The van der Waals surface area contributed by atoms with Crippen LogP contribution >= 0.6 is 0 Å². The Morgan fingerprint density at radius 3 is 2.13 bits per heavy atom. The lowest BCUT2D eigenvalue weighted by molar-refractivity contribution is 1.09. The van der Waals surface area contributed by atoms with Crippen molar-refractivity contribution in [1.82, 2.24) is 14.5 Å². The highest BCUT2D eigenvalue weighted by Crippen LogP contribution is 2.32. The average Bonchev–Trinajstić information content (AvgIpc) is 2.96. The molecule has 0 bridgehead atoms. The zero-order valence-corrected chi connectivity index (χ0v) is 12.3. The number of fused-ring (bicyclic) bond motifs is 1. The second-order valence-corrected chi connectivity index (χ2v) is 5.27. The van der Waals surface area contributed by atoms with Crippen molar-refractivity contribution >= 4 is 22.8 Å². The van der Waals surface area contributed by atoms with Gasteiger partial charge in [0, 0.05) is 5.69 Å². The number of benzene rings is 2. The van der Waals surface area contributed by atoms with Crippen molar-refractivity contribution in [2.45, 2.75) is 0 Å².